The number of hydrogen-bond acceptors (Lipinski definition) is 5. The van der Waals surface area contributed by atoms with Gasteiger partial charge in [-0.15, -0.1) is 0 Å². The summed E-state index contributed by atoms with van der Waals surface area (Å²) in [4.78, 5) is 0.284. The fraction of sp³-hybridized carbons (Fsp3) is 0.692. The predicted octanol–water partition coefficient (Wildman–Crippen LogP) is 0.861. The van der Waals surface area contributed by atoms with E-state index >= 15 is 0 Å². The first-order valence-corrected chi connectivity index (χ1v) is 8.42. The van der Waals surface area contributed by atoms with Crippen molar-refractivity contribution in [2.45, 2.75) is 37.2 Å². The van der Waals surface area contributed by atoms with E-state index in [1.54, 1.807) is 13.0 Å². The minimum absolute atomic E-state index is 0.284. The molecule has 0 unspecified atom stereocenters. The molecule has 1 saturated heterocycles. The van der Waals surface area contributed by atoms with E-state index in [2.05, 4.69) is 5.32 Å². The Hall–Kier alpha value is -0.890. The van der Waals surface area contributed by atoms with Crippen molar-refractivity contribution in [3.05, 3.63) is 17.6 Å². The van der Waals surface area contributed by atoms with Gasteiger partial charge in [0.05, 0.1) is 19.8 Å². The van der Waals surface area contributed by atoms with Crippen LogP contribution >= 0.6 is 0 Å². The average molecular weight is 300 g/mol. The molecular formula is C13H20N2O4S. The highest BCUT2D eigenvalue weighted by Gasteiger charge is 2.30. The normalized spacial score (nSPS) is 21.2. The first-order chi connectivity index (χ1) is 9.57. The van der Waals surface area contributed by atoms with E-state index in [1.807, 2.05) is 0 Å². The number of rotatable bonds is 5. The lowest BCUT2D eigenvalue weighted by molar-refractivity contribution is 0.0730. The van der Waals surface area contributed by atoms with Crippen LogP contribution in [0.1, 0.15) is 24.4 Å². The number of aryl methyl sites for hydroxylation is 1. The van der Waals surface area contributed by atoms with Gasteiger partial charge in [-0.3, -0.25) is 0 Å². The highest BCUT2D eigenvalue weighted by Crippen LogP contribution is 2.25. The van der Waals surface area contributed by atoms with Crippen molar-refractivity contribution >= 4 is 10.0 Å². The quantitative estimate of drug-likeness (QED) is 0.873. The Kier molecular flexibility index (Phi) is 3.85. The third-order valence-electron chi connectivity index (χ3n) is 3.65. The smallest absolute Gasteiger partial charge is 0.246 e. The maximum atomic E-state index is 12.6. The van der Waals surface area contributed by atoms with Crippen LogP contribution in [0.5, 0.6) is 0 Å². The summed E-state index contributed by atoms with van der Waals surface area (Å²) in [5, 5.41) is 3.32. The van der Waals surface area contributed by atoms with E-state index in [0.29, 0.717) is 50.4 Å². The lowest BCUT2D eigenvalue weighted by Gasteiger charge is -2.25. The Morgan fingerprint density at radius 2 is 2.05 bits per heavy atom. The Morgan fingerprint density at radius 3 is 2.70 bits per heavy atom. The van der Waals surface area contributed by atoms with Gasteiger partial charge in [-0.2, -0.15) is 4.31 Å². The molecule has 0 radical (unpaired) electrons. The van der Waals surface area contributed by atoms with Gasteiger partial charge in [-0.05, 0) is 19.8 Å². The van der Waals surface area contributed by atoms with Crippen LogP contribution < -0.4 is 5.32 Å². The van der Waals surface area contributed by atoms with Crippen molar-refractivity contribution in [1.29, 1.82) is 0 Å². The Bertz CT molecular complexity index is 571. The van der Waals surface area contributed by atoms with Gasteiger partial charge in [0, 0.05) is 25.2 Å². The maximum Gasteiger partial charge on any atom is 0.246 e. The monoisotopic (exact) mass is 300 g/mol. The van der Waals surface area contributed by atoms with Crippen LogP contribution in [0.4, 0.5) is 0 Å². The summed E-state index contributed by atoms with van der Waals surface area (Å²) in [6.45, 7) is 4.00. The number of morpholine rings is 1. The molecule has 3 rings (SSSR count). The van der Waals surface area contributed by atoms with E-state index in [-0.39, 0.29) is 4.90 Å². The van der Waals surface area contributed by atoms with Gasteiger partial charge in [0.2, 0.25) is 10.0 Å². The SMILES string of the molecule is Cc1oc(CNC2CC2)cc1S(=O)(=O)N1CCOCC1. The van der Waals surface area contributed by atoms with Crippen molar-refractivity contribution in [3.8, 4) is 0 Å². The third kappa shape index (κ3) is 2.90. The summed E-state index contributed by atoms with van der Waals surface area (Å²) in [7, 11) is -3.46. The second kappa shape index (κ2) is 5.48. The molecule has 7 heteroatoms. The van der Waals surface area contributed by atoms with Crippen LogP contribution in [0.2, 0.25) is 0 Å². The number of furan rings is 1. The highest BCUT2D eigenvalue weighted by molar-refractivity contribution is 7.89. The minimum atomic E-state index is -3.46. The molecule has 0 atom stereocenters. The summed E-state index contributed by atoms with van der Waals surface area (Å²) in [6, 6.07) is 2.22. The lowest BCUT2D eigenvalue weighted by Crippen LogP contribution is -2.40. The molecule has 1 aromatic heterocycles. The van der Waals surface area contributed by atoms with Gasteiger partial charge in [-0.1, -0.05) is 0 Å². The van der Waals surface area contributed by atoms with Crippen molar-refractivity contribution in [1.82, 2.24) is 9.62 Å². The van der Waals surface area contributed by atoms with Crippen molar-refractivity contribution in [3.63, 3.8) is 0 Å². The van der Waals surface area contributed by atoms with Crippen LogP contribution in [0.25, 0.3) is 0 Å². The molecule has 1 aliphatic carbocycles. The maximum absolute atomic E-state index is 12.6. The fourth-order valence-corrected chi connectivity index (χ4v) is 3.92. The van der Waals surface area contributed by atoms with E-state index in [4.69, 9.17) is 9.15 Å². The molecule has 1 aliphatic heterocycles. The lowest BCUT2D eigenvalue weighted by atomic mass is 10.4. The topological polar surface area (TPSA) is 71.8 Å². The predicted molar refractivity (Wildman–Crippen MR) is 72.9 cm³/mol. The summed E-state index contributed by atoms with van der Waals surface area (Å²) >= 11 is 0. The number of ether oxygens (including phenoxy) is 1. The van der Waals surface area contributed by atoms with Crippen molar-refractivity contribution < 1.29 is 17.6 Å². The Morgan fingerprint density at radius 1 is 1.35 bits per heavy atom. The number of nitrogens with zero attached hydrogens (tertiary/aromatic N) is 1. The van der Waals surface area contributed by atoms with Gasteiger partial charge < -0.3 is 14.5 Å². The summed E-state index contributed by atoms with van der Waals surface area (Å²) < 4.78 is 37.4. The molecule has 0 spiro atoms. The molecule has 2 fully saturated rings. The molecule has 1 N–H and O–H groups in total. The van der Waals surface area contributed by atoms with Gasteiger partial charge in [0.15, 0.2) is 0 Å². The molecule has 20 heavy (non-hydrogen) atoms. The van der Waals surface area contributed by atoms with Crippen LogP contribution in [0, 0.1) is 6.92 Å². The van der Waals surface area contributed by atoms with Gasteiger partial charge in [-0.25, -0.2) is 8.42 Å². The molecule has 0 bridgehead atoms. The molecule has 1 aromatic rings. The molecule has 1 saturated carbocycles. The van der Waals surface area contributed by atoms with E-state index in [0.717, 1.165) is 0 Å². The van der Waals surface area contributed by atoms with Crippen LogP contribution in [-0.2, 0) is 21.3 Å². The van der Waals surface area contributed by atoms with Gasteiger partial charge in [0.1, 0.15) is 16.4 Å². The molecule has 6 nitrogen and oxygen atoms in total. The second-order valence-corrected chi connectivity index (χ2v) is 7.21. The molecule has 0 aromatic carbocycles. The van der Waals surface area contributed by atoms with E-state index < -0.39 is 10.0 Å². The Balaban J connectivity index is 1.77. The van der Waals surface area contributed by atoms with Crippen molar-refractivity contribution in [2.75, 3.05) is 26.3 Å². The first kappa shape index (κ1) is 14.1. The highest BCUT2D eigenvalue weighted by atomic mass is 32.2. The van der Waals surface area contributed by atoms with Gasteiger partial charge in [0.25, 0.3) is 0 Å². The molecular weight excluding hydrogens is 280 g/mol. The fourth-order valence-electron chi connectivity index (χ4n) is 2.33. The van der Waals surface area contributed by atoms with Crippen LogP contribution in [-0.4, -0.2) is 45.1 Å². The standard InChI is InChI=1S/C13H20N2O4S/c1-10-13(8-12(19-10)9-14-11-2-3-11)20(16,17)15-4-6-18-7-5-15/h8,11,14H,2-7,9H2,1H3. The first-order valence-electron chi connectivity index (χ1n) is 6.98. The summed E-state index contributed by atoms with van der Waals surface area (Å²) in [5.41, 5.74) is 0. The minimum Gasteiger partial charge on any atom is -0.464 e. The molecule has 2 aliphatic rings. The van der Waals surface area contributed by atoms with E-state index in [9.17, 15) is 8.42 Å². The second-order valence-electron chi connectivity index (χ2n) is 5.30. The van der Waals surface area contributed by atoms with Crippen LogP contribution in [0.3, 0.4) is 0 Å². The summed E-state index contributed by atoms with van der Waals surface area (Å²) in [6.07, 6.45) is 2.39. The van der Waals surface area contributed by atoms with Crippen molar-refractivity contribution in [2.24, 2.45) is 0 Å². The third-order valence-corrected chi connectivity index (χ3v) is 5.66. The van der Waals surface area contributed by atoms with Crippen LogP contribution in [0.15, 0.2) is 15.4 Å². The number of sulfonamides is 1. The zero-order valence-corrected chi connectivity index (χ0v) is 12.4. The Labute approximate surface area is 119 Å². The van der Waals surface area contributed by atoms with E-state index in [1.165, 1.54) is 17.1 Å². The average Bonchev–Trinajstić information content (AvgIpc) is 3.20. The molecule has 2 heterocycles. The largest absolute Gasteiger partial charge is 0.464 e. The zero-order chi connectivity index (χ0) is 14.2. The molecule has 112 valence electrons. The zero-order valence-electron chi connectivity index (χ0n) is 11.6. The molecule has 0 amide bonds. The number of hydrogen-bond donors (Lipinski definition) is 1. The summed E-state index contributed by atoms with van der Waals surface area (Å²) in [5.74, 6) is 1.14. The number of nitrogens with one attached hydrogen (secondary N) is 1. The van der Waals surface area contributed by atoms with Gasteiger partial charge >= 0.3 is 0 Å².